The van der Waals surface area contributed by atoms with Crippen LogP contribution in [0.1, 0.15) is 48.7 Å². The minimum Gasteiger partial charge on any atom is -0.398 e. The molecule has 0 aliphatic carbocycles. The Morgan fingerprint density at radius 1 is 1.18 bits per heavy atom. The Balaban J connectivity index is 2.59. The van der Waals surface area contributed by atoms with Gasteiger partial charge in [0, 0.05) is 14.4 Å². The zero-order chi connectivity index (χ0) is 18.7. The van der Waals surface area contributed by atoms with Crippen molar-refractivity contribution in [2.45, 2.75) is 52.6 Å². The van der Waals surface area contributed by atoms with E-state index in [1.807, 2.05) is 0 Å². The summed E-state index contributed by atoms with van der Waals surface area (Å²) >= 11 is 0. The van der Waals surface area contributed by atoms with Crippen LogP contribution in [0.5, 0.6) is 0 Å². The van der Waals surface area contributed by atoms with Crippen LogP contribution in [0.4, 0.5) is 0 Å². The molecular formula is C12H19BN2O2. The van der Waals surface area contributed by atoms with Gasteiger partial charge in [0.2, 0.25) is 0 Å². The Labute approximate surface area is 113 Å². The monoisotopic (exact) mass is 241 g/mol. The molecule has 4 nitrogen and oxygen atoms in total. The second kappa shape index (κ2) is 3.78. The maximum Gasteiger partial charge on any atom is 0.516 e. The van der Waals surface area contributed by atoms with Crippen molar-refractivity contribution in [3.05, 3.63) is 17.6 Å². The number of aromatic nitrogens is 2. The zero-order valence-corrected chi connectivity index (χ0v) is 10.3. The van der Waals surface area contributed by atoms with E-state index >= 15 is 0 Å². The molecule has 17 heavy (non-hydrogen) atoms. The van der Waals surface area contributed by atoms with Crippen LogP contribution in [0.15, 0.2) is 6.17 Å². The predicted molar refractivity (Wildman–Crippen MR) is 67.2 cm³/mol. The fraction of sp³-hybridized carbons (Fsp3) is 0.667. The molecule has 1 fully saturated rings. The molecule has 5 heteroatoms. The topological polar surface area (TPSA) is 44.2 Å². The predicted octanol–water partition coefficient (Wildman–Crippen LogP) is 1.39. The lowest BCUT2D eigenvalue weighted by atomic mass is 9.85. The van der Waals surface area contributed by atoms with Gasteiger partial charge in [-0.25, -0.2) is 0 Å². The molecule has 0 saturated carbocycles. The van der Waals surface area contributed by atoms with E-state index in [-0.39, 0.29) is 5.59 Å². The van der Waals surface area contributed by atoms with Gasteiger partial charge in [-0.15, -0.1) is 0 Å². The molecule has 0 atom stereocenters. The highest BCUT2D eigenvalue weighted by Crippen LogP contribution is 2.36. The summed E-state index contributed by atoms with van der Waals surface area (Å²) in [5.74, 6) is 0. The van der Waals surface area contributed by atoms with Gasteiger partial charge in [0.15, 0.2) is 0 Å². The number of aryl methyl sites for hydroxylation is 2. The first-order valence-corrected chi connectivity index (χ1v) is 5.31. The summed E-state index contributed by atoms with van der Waals surface area (Å²) in [6.45, 7) is 1.61. The van der Waals surface area contributed by atoms with Gasteiger partial charge in [-0.05, 0) is 41.4 Å². The fourth-order valence-electron chi connectivity index (χ4n) is 1.42. The van der Waals surface area contributed by atoms with Crippen LogP contribution in [0, 0.1) is 13.7 Å². The summed E-state index contributed by atoms with van der Waals surface area (Å²) in [6, 6.07) is 0. The standard InChI is InChI=1S/C12H19BN2O2/c1-8-9(2)15-10(7-14-8)13-16-11(3,4)12(5,6)17-13/h7H,1-6H3/i1D3,2D3,7D. The maximum absolute atomic E-state index is 7.95. The molecule has 1 aromatic heterocycles. The Hall–Kier alpha value is -0.935. The fourth-order valence-corrected chi connectivity index (χ4v) is 1.42. The van der Waals surface area contributed by atoms with Crippen LogP contribution < -0.4 is 5.59 Å². The first-order chi connectivity index (χ1) is 10.6. The summed E-state index contributed by atoms with van der Waals surface area (Å²) < 4.78 is 64.3. The van der Waals surface area contributed by atoms with E-state index in [9.17, 15) is 0 Å². The lowest BCUT2D eigenvalue weighted by Gasteiger charge is -2.32. The molecule has 1 aliphatic rings. The summed E-state index contributed by atoms with van der Waals surface area (Å²) in [4.78, 5) is 7.57. The van der Waals surface area contributed by atoms with Crippen LogP contribution >= 0.6 is 0 Å². The highest BCUT2D eigenvalue weighted by atomic mass is 16.7. The van der Waals surface area contributed by atoms with E-state index in [4.69, 9.17) is 18.9 Å². The zero-order valence-electron chi connectivity index (χ0n) is 17.3. The molecule has 0 radical (unpaired) electrons. The molecule has 0 spiro atoms. The normalized spacial score (nSPS) is 29.4. The van der Waals surface area contributed by atoms with E-state index in [1.165, 1.54) is 0 Å². The Bertz CT molecular complexity index is 642. The molecular weight excluding hydrogens is 215 g/mol. The third-order valence-corrected chi connectivity index (χ3v) is 3.22. The van der Waals surface area contributed by atoms with Gasteiger partial charge < -0.3 is 9.31 Å². The molecule has 2 rings (SSSR count). The van der Waals surface area contributed by atoms with Gasteiger partial charge in [-0.1, -0.05) is 0 Å². The SMILES string of the molecule is [2H]c1nc(C([2H])([2H])[2H])c(C([2H])([2H])[2H])nc1B1OC(C)(C)C(C)(C)O1. The molecule has 1 saturated heterocycles. The Morgan fingerprint density at radius 2 is 1.76 bits per heavy atom. The molecule has 0 N–H and O–H groups in total. The van der Waals surface area contributed by atoms with Gasteiger partial charge in [-0.2, -0.15) is 0 Å². The number of hydrogen-bond donors (Lipinski definition) is 0. The second-order valence-corrected chi connectivity index (χ2v) is 5.01. The van der Waals surface area contributed by atoms with Gasteiger partial charge in [0.1, 0.15) is 0 Å². The first kappa shape index (κ1) is 6.30. The van der Waals surface area contributed by atoms with E-state index < -0.39 is 49.6 Å². The smallest absolute Gasteiger partial charge is 0.398 e. The Kier molecular flexibility index (Phi) is 1.40. The summed E-state index contributed by atoms with van der Waals surface area (Å²) in [5.41, 5.74) is -2.94. The van der Waals surface area contributed by atoms with Gasteiger partial charge in [0.25, 0.3) is 0 Å². The minimum absolute atomic E-state index is 0.146. The largest absolute Gasteiger partial charge is 0.516 e. The number of hydrogen-bond acceptors (Lipinski definition) is 4. The average molecular weight is 241 g/mol. The van der Waals surface area contributed by atoms with Crippen LogP contribution in [0.25, 0.3) is 0 Å². The van der Waals surface area contributed by atoms with Crippen molar-refractivity contribution in [1.29, 1.82) is 0 Å². The lowest BCUT2D eigenvalue weighted by Crippen LogP contribution is -2.41. The average Bonchev–Trinajstić information content (AvgIpc) is 2.55. The third-order valence-electron chi connectivity index (χ3n) is 3.22. The summed E-state index contributed by atoms with van der Waals surface area (Å²) in [6.07, 6.45) is -0.479. The van der Waals surface area contributed by atoms with Crippen molar-refractivity contribution in [3.63, 3.8) is 0 Å². The molecule has 1 aromatic rings. The van der Waals surface area contributed by atoms with Gasteiger partial charge >= 0.3 is 7.12 Å². The van der Waals surface area contributed by atoms with Crippen molar-refractivity contribution in [2.24, 2.45) is 0 Å². The van der Waals surface area contributed by atoms with Crippen molar-refractivity contribution < 1.29 is 18.9 Å². The lowest BCUT2D eigenvalue weighted by molar-refractivity contribution is 0.00578. The van der Waals surface area contributed by atoms with E-state index in [2.05, 4.69) is 9.97 Å². The van der Waals surface area contributed by atoms with Crippen molar-refractivity contribution in [2.75, 3.05) is 0 Å². The molecule has 92 valence electrons. The van der Waals surface area contributed by atoms with E-state index in [0.717, 1.165) is 0 Å². The molecule has 2 heterocycles. The van der Waals surface area contributed by atoms with Crippen LogP contribution in [0.3, 0.4) is 0 Å². The third kappa shape index (κ3) is 2.09. The van der Waals surface area contributed by atoms with Gasteiger partial charge in [-0.3, -0.25) is 9.97 Å². The molecule has 0 unspecified atom stereocenters. The first-order valence-electron chi connectivity index (χ1n) is 8.81. The van der Waals surface area contributed by atoms with E-state index in [0.29, 0.717) is 0 Å². The van der Waals surface area contributed by atoms with Crippen LogP contribution in [-0.2, 0) is 9.31 Å². The molecule has 0 aromatic carbocycles. The summed E-state index contributed by atoms with van der Waals surface area (Å²) in [5, 5.41) is 0. The maximum atomic E-state index is 7.95. The highest BCUT2D eigenvalue weighted by Gasteiger charge is 2.52. The highest BCUT2D eigenvalue weighted by molar-refractivity contribution is 6.61. The van der Waals surface area contributed by atoms with Crippen LogP contribution in [-0.4, -0.2) is 28.3 Å². The van der Waals surface area contributed by atoms with Crippen molar-refractivity contribution >= 4 is 12.7 Å². The van der Waals surface area contributed by atoms with Crippen molar-refractivity contribution in [1.82, 2.24) is 9.97 Å². The molecule has 0 amide bonds. The quantitative estimate of drug-likeness (QED) is 0.697. The summed E-state index contributed by atoms with van der Waals surface area (Å²) in [7, 11) is -1.10. The van der Waals surface area contributed by atoms with Gasteiger partial charge in [0.05, 0.1) is 29.6 Å². The Morgan fingerprint density at radius 3 is 2.29 bits per heavy atom. The van der Waals surface area contributed by atoms with Crippen molar-refractivity contribution in [3.8, 4) is 0 Å². The number of rotatable bonds is 1. The van der Waals surface area contributed by atoms with E-state index in [1.54, 1.807) is 27.7 Å². The molecule has 0 bridgehead atoms. The number of nitrogens with zero attached hydrogens (tertiary/aromatic N) is 2. The second-order valence-electron chi connectivity index (χ2n) is 5.01. The van der Waals surface area contributed by atoms with Crippen LogP contribution in [0.2, 0.25) is 0 Å². The minimum atomic E-state index is -2.79. The molecule has 1 aliphatic heterocycles.